The molecule has 1 aromatic rings. The van der Waals surface area contributed by atoms with Crippen molar-refractivity contribution in [2.24, 2.45) is 0 Å². The van der Waals surface area contributed by atoms with Crippen molar-refractivity contribution in [2.45, 2.75) is 18.4 Å². The first kappa shape index (κ1) is 10.9. The number of methoxy groups -OCH3 is 1. The van der Waals surface area contributed by atoms with Gasteiger partial charge in [0, 0.05) is 11.6 Å². The van der Waals surface area contributed by atoms with Gasteiger partial charge in [-0.25, -0.2) is 0 Å². The Morgan fingerprint density at radius 1 is 1.50 bits per heavy atom. The van der Waals surface area contributed by atoms with Crippen LogP contribution >= 0.6 is 0 Å². The van der Waals surface area contributed by atoms with Gasteiger partial charge < -0.3 is 10.1 Å². The van der Waals surface area contributed by atoms with Gasteiger partial charge in [0.25, 0.3) is 0 Å². The minimum Gasteiger partial charge on any atom is -0.490 e. The number of benzene rings is 1. The van der Waals surface area contributed by atoms with E-state index in [4.69, 9.17) is 4.74 Å². The minimum atomic E-state index is -0.409. The van der Waals surface area contributed by atoms with Gasteiger partial charge in [0.1, 0.15) is 0 Å². The highest BCUT2D eigenvalue weighted by atomic mass is 16.6. The van der Waals surface area contributed by atoms with Gasteiger partial charge in [-0.05, 0) is 31.5 Å². The molecule has 0 spiro atoms. The molecule has 1 N–H and O–H groups in total. The quantitative estimate of drug-likeness (QED) is 0.623. The molecule has 0 amide bonds. The molecule has 2 rings (SSSR count). The van der Waals surface area contributed by atoms with E-state index < -0.39 is 4.92 Å². The molecule has 0 aromatic heterocycles. The zero-order valence-electron chi connectivity index (χ0n) is 9.32. The van der Waals surface area contributed by atoms with Gasteiger partial charge >= 0.3 is 5.69 Å². The maximum absolute atomic E-state index is 10.9. The van der Waals surface area contributed by atoms with E-state index in [9.17, 15) is 10.1 Å². The summed E-state index contributed by atoms with van der Waals surface area (Å²) in [5.74, 6) is 0.306. The summed E-state index contributed by atoms with van der Waals surface area (Å²) in [5, 5.41) is 14.1. The fourth-order valence-corrected chi connectivity index (χ4v) is 1.94. The Hall–Kier alpha value is -1.62. The van der Waals surface area contributed by atoms with Crippen LogP contribution in [-0.2, 0) is 5.54 Å². The molecule has 1 saturated carbocycles. The van der Waals surface area contributed by atoms with Crippen molar-refractivity contribution in [1.82, 2.24) is 5.32 Å². The molecule has 1 aliphatic carbocycles. The third-order valence-corrected chi connectivity index (χ3v) is 3.16. The molecule has 1 aliphatic rings. The molecule has 5 heteroatoms. The second-order valence-corrected chi connectivity index (χ2v) is 3.98. The van der Waals surface area contributed by atoms with E-state index >= 15 is 0 Å². The van der Waals surface area contributed by atoms with Crippen molar-refractivity contribution >= 4 is 5.69 Å². The van der Waals surface area contributed by atoms with Crippen LogP contribution in [0.1, 0.15) is 18.4 Å². The molecule has 16 heavy (non-hydrogen) atoms. The molecule has 0 atom stereocenters. The molecule has 0 radical (unpaired) electrons. The lowest BCUT2D eigenvalue weighted by molar-refractivity contribution is -0.385. The van der Waals surface area contributed by atoms with Gasteiger partial charge in [0.15, 0.2) is 5.75 Å². The minimum absolute atomic E-state index is 0.0292. The van der Waals surface area contributed by atoms with Gasteiger partial charge in [-0.1, -0.05) is 6.07 Å². The summed E-state index contributed by atoms with van der Waals surface area (Å²) in [6.45, 7) is 0. The van der Waals surface area contributed by atoms with Crippen molar-refractivity contribution in [2.75, 3.05) is 14.2 Å². The molecule has 86 valence electrons. The van der Waals surface area contributed by atoms with Crippen molar-refractivity contribution in [3.63, 3.8) is 0 Å². The van der Waals surface area contributed by atoms with Crippen LogP contribution in [0, 0.1) is 10.1 Å². The normalized spacial score (nSPS) is 16.9. The van der Waals surface area contributed by atoms with Gasteiger partial charge in [0.05, 0.1) is 12.0 Å². The van der Waals surface area contributed by atoms with Crippen molar-refractivity contribution in [1.29, 1.82) is 0 Å². The summed E-state index contributed by atoms with van der Waals surface area (Å²) < 4.78 is 4.97. The smallest absolute Gasteiger partial charge is 0.311 e. The Balaban J connectivity index is 2.43. The lowest BCUT2D eigenvalue weighted by atomic mass is 10.0. The van der Waals surface area contributed by atoms with Crippen molar-refractivity contribution in [3.05, 3.63) is 33.9 Å². The predicted molar refractivity (Wildman–Crippen MR) is 59.6 cm³/mol. The molecule has 0 saturated heterocycles. The monoisotopic (exact) mass is 222 g/mol. The van der Waals surface area contributed by atoms with E-state index in [2.05, 4.69) is 5.32 Å². The van der Waals surface area contributed by atoms with Crippen LogP contribution in [-0.4, -0.2) is 19.1 Å². The highest BCUT2D eigenvalue weighted by Crippen LogP contribution is 2.46. The highest BCUT2D eigenvalue weighted by molar-refractivity contribution is 5.51. The zero-order valence-corrected chi connectivity index (χ0v) is 9.32. The first-order valence-electron chi connectivity index (χ1n) is 5.15. The Morgan fingerprint density at radius 2 is 2.19 bits per heavy atom. The average Bonchev–Trinajstić information content (AvgIpc) is 3.09. The fraction of sp³-hybridized carbons (Fsp3) is 0.455. The van der Waals surface area contributed by atoms with E-state index in [-0.39, 0.29) is 11.2 Å². The van der Waals surface area contributed by atoms with Gasteiger partial charge in [0.2, 0.25) is 0 Å². The van der Waals surface area contributed by atoms with Crippen LogP contribution in [0.5, 0.6) is 5.75 Å². The first-order valence-corrected chi connectivity index (χ1v) is 5.15. The van der Waals surface area contributed by atoms with Crippen LogP contribution in [0.3, 0.4) is 0 Å². The largest absolute Gasteiger partial charge is 0.490 e. The van der Waals surface area contributed by atoms with Gasteiger partial charge in [-0.15, -0.1) is 0 Å². The summed E-state index contributed by atoms with van der Waals surface area (Å²) >= 11 is 0. The number of hydrogen-bond donors (Lipinski definition) is 1. The Morgan fingerprint density at radius 3 is 2.62 bits per heavy atom. The Bertz CT molecular complexity index is 427. The molecule has 1 fully saturated rings. The summed E-state index contributed by atoms with van der Waals surface area (Å²) in [4.78, 5) is 10.5. The van der Waals surface area contributed by atoms with Crippen LogP contribution in [0.2, 0.25) is 0 Å². The van der Waals surface area contributed by atoms with Gasteiger partial charge in [-0.2, -0.15) is 0 Å². The lowest BCUT2D eigenvalue weighted by Crippen LogP contribution is -2.24. The van der Waals surface area contributed by atoms with Crippen molar-refractivity contribution in [3.8, 4) is 5.75 Å². The topological polar surface area (TPSA) is 64.4 Å². The van der Waals surface area contributed by atoms with Gasteiger partial charge in [-0.3, -0.25) is 10.1 Å². The average molecular weight is 222 g/mol. The zero-order chi connectivity index (χ0) is 11.8. The highest BCUT2D eigenvalue weighted by Gasteiger charge is 2.43. The Labute approximate surface area is 93.6 Å². The molecule has 5 nitrogen and oxygen atoms in total. The number of hydrogen-bond acceptors (Lipinski definition) is 4. The molecule has 0 unspecified atom stereocenters. The number of rotatable bonds is 4. The van der Waals surface area contributed by atoms with Crippen LogP contribution < -0.4 is 10.1 Å². The second kappa shape index (κ2) is 3.75. The predicted octanol–water partition coefficient (Wildman–Crippen LogP) is 1.81. The molecule has 0 heterocycles. The molecular weight excluding hydrogens is 208 g/mol. The summed E-state index contributed by atoms with van der Waals surface area (Å²) in [7, 11) is 3.32. The lowest BCUT2D eigenvalue weighted by Gasteiger charge is -2.14. The number of nitrogens with zero attached hydrogens (tertiary/aromatic N) is 1. The van der Waals surface area contributed by atoms with E-state index in [0.717, 1.165) is 18.4 Å². The standard InChI is InChI=1S/C11H14N2O3/c1-12-11(5-6-11)8-3-4-10(16-2)9(7-8)13(14)15/h3-4,7,12H,5-6H2,1-2H3. The maximum Gasteiger partial charge on any atom is 0.311 e. The van der Waals surface area contributed by atoms with E-state index in [1.54, 1.807) is 12.1 Å². The van der Waals surface area contributed by atoms with E-state index in [0.29, 0.717) is 5.75 Å². The summed E-state index contributed by atoms with van der Waals surface area (Å²) in [6.07, 6.45) is 2.04. The van der Waals surface area contributed by atoms with Crippen molar-refractivity contribution < 1.29 is 9.66 Å². The number of ether oxygens (including phenoxy) is 1. The summed E-state index contributed by atoms with van der Waals surface area (Å²) in [5.41, 5.74) is 0.931. The summed E-state index contributed by atoms with van der Waals surface area (Å²) in [6, 6.07) is 5.14. The van der Waals surface area contributed by atoms with E-state index in [1.165, 1.54) is 7.11 Å². The number of nitro groups is 1. The number of nitro benzene ring substituents is 1. The van der Waals surface area contributed by atoms with Crippen LogP contribution in [0.25, 0.3) is 0 Å². The second-order valence-electron chi connectivity index (χ2n) is 3.98. The Kier molecular flexibility index (Phi) is 2.55. The molecule has 0 bridgehead atoms. The molecule has 1 aromatic carbocycles. The third kappa shape index (κ3) is 1.63. The third-order valence-electron chi connectivity index (χ3n) is 3.16. The molecule has 0 aliphatic heterocycles. The van der Waals surface area contributed by atoms with Crippen LogP contribution in [0.15, 0.2) is 18.2 Å². The number of nitrogens with one attached hydrogen (secondary N) is 1. The SMILES string of the molecule is CNC1(c2ccc(OC)c([N+](=O)[O-])c2)CC1. The first-order chi connectivity index (χ1) is 7.63. The maximum atomic E-state index is 10.9. The van der Waals surface area contributed by atoms with E-state index in [1.807, 2.05) is 13.1 Å². The van der Waals surface area contributed by atoms with Crippen LogP contribution in [0.4, 0.5) is 5.69 Å². The molecular formula is C11H14N2O3. The fourth-order valence-electron chi connectivity index (χ4n) is 1.94.